The molecule has 1 aliphatic carbocycles. The molecule has 1 aliphatic rings. The zero-order valence-electron chi connectivity index (χ0n) is 29.4. The van der Waals surface area contributed by atoms with Crippen molar-refractivity contribution in [2.45, 2.75) is 51.6 Å². The molecule has 6 rings (SSSR count). The minimum atomic E-state index is -1.35. The first-order valence-corrected chi connectivity index (χ1v) is 17.4. The lowest BCUT2D eigenvalue weighted by atomic mass is 9.98. The number of benzene rings is 2. The topological polar surface area (TPSA) is 127 Å². The fourth-order valence-electron chi connectivity index (χ4n) is 6.05. The maximum atomic E-state index is 14.5. The fourth-order valence-corrected chi connectivity index (χ4v) is 6.60. The van der Waals surface area contributed by atoms with Crippen molar-refractivity contribution in [2.24, 2.45) is 0 Å². The van der Waals surface area contributed by atoms with Crippen LogP contribution in [0.25, 0.3) is 5.65 Å². The number of nitrogens with zero attached hydrogens (tertiary/aromatic N) is 5. The van der Waals surface area contributed by atoms with Gasteiger partial charge in [-0.05, 0) is 84.4 Å². The molecular weight excluding hydrogens is 718 g/mol. The standard InChI is InChI=1S/C38H40BrN5O7/c1-7-51-38(46)35(31-21-44-20-26(23-8-9-23)14-29(39)37(44)42-31)36(45)30-17-34(41-22(2)40-30)43(18-24-10-12-27(47-3)15-32(24)49-5)19-25-11-13-28(48-4)16-33(25)50-6/h10-17,20-21,23,35H,7-9,18-19H2,1-6H3. The van der Waals surface area contributed by atoms with Crippen molar-refractivity contribution in [3.63, 3.8) is 0 Å². The summed E-state index contributed by atoms with van der Waals surface area (Å²) in [6, 6.07) is 14.8. The number of ether oxygens (including phenoxy) is 5. The highest BCUT2D eigenvalue weighted by Crippen LogP contribution is 2.41. The van der Waals surface area contributed by atoms with Crippen LogP contribution < -0.4 is 23.8 Å². The van der Waals surface area contributed by atoms with Crippen LogP contribution in [-0.2, 0) is 22.6 Å². The van der Waals surface area contributed by atoms with Crippen LogP contribution in [0.3, 0.4) is 0 Å². The fraction of sp³-hybridized carbons (Fsp3) is 0.342. The Labute approximate surface area is 304 Å². The van der Waals surface area contributed by atoms with Crippen LogP contribution in [0.5, 0.6) is 23.0 Å². The maximum Gasteiger partial charge on any atom is 0.323 e. The molecule has 1 saturated carbocycles. The number of aryl methyl sites for hydroxylation is 1. The highest BCUT2D eigenvalue weighted by molar-refractivity contribution is 9.10. The molecule has 1 atom stereocenters. The number of methoxy groups -OCH3 is 4. The first kappa shape index (κ1) is 35.6. The molecule has 266 valence electrons. The Morgan fingerprint density at radius 1 is 0.863 bits per heavy atom. The zero-order chi connectivity index (χ0) is 36.2. The van der Waals surface area contributed by atoms with Gasteiger partial charge in [-0.25, -0.2) is 15.0 Å². The minimum Gasteiger partial charge on any atom is -0.497 e. The molecule has 5 aromatic rings. The Balaban J connectivity index is 1.42. The van der Waals surface area contributed by atoms with Gasteiger partial charge < -0.3 is 33.0 Å². The van der Waals surface area contributed by atoms with Crippen LogP contribution in [0, 0.1) is 6.92 Å². The molecule has 51 heavy (non-hydrogen) atoms. The van der Waals surface area contributed by atoms with E-state index in [0.29, 0.717) is 59.3 Å². The lowest BCUT2D eigenvalue weighted by molar-refractivity contribution is -0.143. The van der Waals surface area contributed by atoms with Gasteiger partial charge in [0.1, 0.15) is 40.3 Å². The second kappa shape index (κ2) is 15.4. The molecule has 0 N–H and O–H groups in total. The van der Waals surface area contributed by atoms with E-state index < -0.39 is 17.7 Å². The number of fused-ring (bicyclic) bond motifs is 1. The van der Waals surface area contributed by atoms with Crippen LogP contribution in [-0.4, -0.2) is 66.2 Å². The molecule has 3 heterocycles. The largest absolute Gasteiger partial charge is 0.497 e. The number of ketones is 1. The van der Waals surface area contributed by atoms with Crippen molar-refractivity contribution in [3.05, 3.63) is 99.3 Å². The summed E-state index contributed by atoms with van der Waals surface area (Å²) in [5.41, 5.74) is 3.80. The number of halogens is 1. The van der Waals surface area contributed by atoms with Gasteiger partial charge in [0.05, 0.1) is 45.2 Å². The molecule has 0 bridgehead atoms. The Morgan fingerprint density at radius 3 is 2.04 bits per heavy atom. The number of carbonyl (C=O) groups excluding carboxylic acids is 2. The Hall–Kier alpha value is -5.17. The normalized spacial score (nSPS) is 13.1. The van der Waals surface area contributed by atoms with E-state index in [-0.39, 0.29) is 18.0 Å². The van der Waals surface area contributed by atoms with Gasteiger partial charge in [0.15, 0.2) is 11.6 Å². The molecule has 0 aliphatic heterocycles. The number of hydrogen-bond acceptors (Lipinski definition) is 11. The number of aromatic nitrogens is 4. The third-order valence-electron chi connectivity index (χ3n) is 8.79. The Morgan fingerprint density at radius 2 is 1.49 bits per heavy atom. The van der Waals surface area contributed by atoms with Gasteiger partial charge >= 0.3 is 5.97 Å². The monoisotopic (exact) mass is 757 g/mol. The van der Waals surface area contributed by atoms with E-state index in [9.17, 15) is 9.59 Å². The summed E-state index contributed by atoms with van der Waals surface area (Å²) in [4.78, 5) is 44.0. The molecule has 12 nitrogen and oxygen atoms in total. The number of carbonyl (C=O) groups is 2. The average Bonchev–Trinajstić information content (AvgIpc) is 3.90. The van der Waals surface area contributed by atoms with Gasteiger partial charge in [0.2, 0.25) is 5.78 Å². The summed E-state index contributed by atoms with van der Waals surface area (Å²) in [6.07, 6.45) is 5.99. The summed E-state index contributed by atoms with van der Waals surface area (Å²) < 4.78 is 30.4. The minimum absolute atomic E-state index is 0.0544. The van der Waals surface area contributed by atoms with Crippen LogP contribution in [0.15, 0.2) is 65.4 Å². The van der Waals surface area contributed by atoms with Gasteiger partial charge in [-0.2, -0.15) is 0 Å². The van der Waals surface area contributed by atoms with E-state index in [2.05, 4.69) is 27.0 Å². The second-order valence-electron chi connectivity index (χ2n) is 12.2. The molecule has 1 fully saturated rings. The van der Waals surface area contributed by atoms with Crippen molar-refractivity contribution in [1.82, 2.24) is 19.4 Å². The van der Waals surface area contributed by atoms with E-state index in [1.54, 1.807) is 54.5 Å². The molecule has 0 amide bonds. The lowest BCUT2D eigenvalue weighted by Gasteiger charge is -2.26. The van der Waals surface area contributed by atoms with E-state index in [0.717, 1.165) is 28.4 Å². The Bertz CT molecular complexity index is 2020. The number of esters is 1. The van der Waals surface area contributed by atoms with Crippen LogP contribution in [0.2, 0.25) is 0 Å². The molecule has 0 spiro atoms. The zero-order valence-corrected chi connectivity index (χ0v) is 31.0. The molecule has 3 aromatic heterocycles. The smallest absolute Gasteiger partial charge is 0.323 e. The molecule has 0 saturated heterocycles. The van der Waals surface area contributed by atoms with Crippen molar-refractivity contribution in [1.29, 1.82) is 0 Å². The van der Waals surface area contributed by atoms with Gasteiger partial charge in [0.25, 0.3) is 0 Å². The van der Waals surface area contributed by atoms with Crippen LogP contribution >= 0.6 is 15.9 Å². The summed E-state index contributed by atoms with van der Waals surface area (Å²) in [7, 11) is 6.39. The Kier molecular flexibility index (Phi) is 10.8. The second-order valence-corrected chi connectivity index (χ2v) is 13.1. The number of pyridine rings is 1. The van der Waals surface area contributed by atoms with E-state index in [1.165, 1.54) is 5.56 Å². The molecule has 0 radical (unpaired) electrons. The summed E-state index contributed by atoms with van der Waals surface area (Å²) in [5, 5.41) is 0. The van der Waals surface area contributed by atoms with E-state index >= 15 is 0 Å². The third kappa shape index (κ3) is 7.78. The summed E-state index contributed by atoms with van der Waals surface area (Å²) in [5.74, 6) is 1.24. The number of hydrogen-bond donors (Lipinski definition) is 0. The van der Waals surface area contributed by atoms with Gasteiger partial charge in [0, 0.05) is 54.8 Å². The number of Topliss-reactive ketones (excluding diaryl/α,β-unsaturated/α-hetero) is 1. The van der Waals surface area contributed by atoms with Gasteiger partial charge in [-0.1, -0.05) is 0 Å². The molecule has 2 aromatic carbocycles. The summed E-state index contributed by atoms with van der Waals surface area (Å²) in [6.45, 7) is 4.17. The highest BCUT2D eigenvalue weighted by atomic mass is 79.9. The van der Waals surface area contributed by atoms with Crippen molar-refractivity contribution < 1.29 is 33.3 Å². The first-order valence-electron chi connectivity index (χ1n) is 16.6. The van der Waals surface area contributed by atoms with E-state index in [4.69, 9.17) is 33.7 Å². The first-order chi connectivity index (χ1) is 24.7. The van der Waals surface area contributed by atoms with Crippen molar-refractivity contribution >= 4 is 39.1 Å². The predicted molar refractivity (Wildman–Crippen MR) is 194 cm³/mol. The van der Waals surface area contributed by atoms with Crippen LogP contribution in [0.4, 0.5) is 5.82 Å². The molecular formula is C38H40BrN5O7. The SMILES string of the molecule is CCOC(=O)C(C(=O)c1cc(N(Cc2ccc(OC)cc2OC)Cc2ccc(OC)cc2OC)nc(C)n1)c1cn2cc(C3CC3)cc(Br)c2n1. The van der Waals surface area contributed by atoms with E-state index in [1.807, 2.05) is 51.9 Å². The number of imidazole rings is 1. The maximum absolute atomic E-state index is 14.5. The average molecular weight is 759 g/mol. The number of anilines is 1. The number of rotatable bonds is 15. The highest BCUT2D eigenvalue weighted by Gasteiger charge is 2.35. The van der Waals surface area contributed by atoms with Crippen LogP contribution in [0.1, 0.15) is 70.3 Å². The third-order valence-corrected chi connectivity index (χ3v) is 9.37. The van der Waals surface area contributed by atoms with Gasteiger partial charge in [-0.3, -0.25) is 9.59 Å². The quantitative estimate of drug-likeness (QED) is 0.0633. The molecule has 1 unspecified atom stereocenters. The molecule has 13 heteroatoms. The lowest BCUT2D eigenvalue weighted by Crippen LogP contribution is -2.28. The summed E-state index contributed by atoms with van der Waals surface area (Å²) >= 11 is 3.64. The predicted octanol–water partition coefficient (Wildman–Crippen LogP) is 6.84. The van der Waals surface area contributed by atoms with Crippen molar-refractivity contribution in [2.75, 3.05) is 39.9 Å². The van der Waals surface area contributed by atoms with Gasteiger partial charge in [-0.15, -0.1) is 0 Å². The van der Waals surface area contributed by atoms with Crippen molar-refractivity contribution in [3.8, 4) is 23.0 Å².